The third-order valence-electron chi connectivity index (χ3n) is 5.54. The number of dihydropyridines is 1. The van der Waals surface area contributed by atoms with Crippen LogP contribution in [0.3, 0.4) is 0 Å². The van der Waals surface area contributed by atoms with E-state index < -0.39 is 5.60 Å². The van der Waals surface area contributed by atoms with E-state index in [1.54, 1.807) is 43.5 Å². The third kappa shape index (κ3) is 8.94. The van der Waals surface area contributed by atoms with E-state index >= 15 is 0 Å². The molecule has 2 aliphatic rings. The Balaban J connectivity index is 0.000000217. The number of hydrogen-bond acceptors (Lipinski definition) is 5. The molecule has 2 aliphatic heterocycles. The number of imidazole rings is 1. The largest absolute Gasteiger partial charge is 0.390 e. The van der Waals surface area contributed by atoms with Crippen LogP contribution in [0, 0.1) is 12.7 Å². The Morgan fingerprint density at radius 3 is 2.77 bits per heavy atom. The highest BCUT2D eigenvalue weighted by Gasteiger charge is 2.27. The number of thioether (sulfide) groups is 1. The summed E-state index contributed by atoms with van der Waals surface area (Å²) in [5.74, 6) is -0.194. The van der Waals surface area contributed by atoms with Crippen molar-refractivity contribution in [3.8, 4) is 0 Å². The van der Waals surface area contributed by atoms with Crippen molar-refractivity contribution in [2.24, 2.45) is 4.99 Å². The number of carbonyl (C=O) groups excluding carboxylic acids is 1. The third-order valence-corrected chi connectivity index (χ3v) is 6.72. The van der Waals surface area contributed by atoms with Crippen LogP contribution in [0.5, 0.6) is 0 Å². The van der Waals surface area contributed by atoms with E-state index in [1.807, 2.05) is 19.1 Å². The second kappa shape index (κ2) is 13.6. The van der Waals surface area contributed by atoms with Crippen LogP contribution in [0.15, 0.2) is 58.1 Å². The van der Waals surface area contributed by atoms with Gasteiger partial charge >= 0.3 is 0 Å². The molecule has 0 aliphatic carbocycles. The monoisotopic (exact) mass is 520 g/mol. The number of amides is 1. The molecule has 0 bridgehead atoms. The number of benzene rings is 1. The van der Waals surface area contributed by atoms with Crippen LogP contribution in [0.4, 0.5) is 4.39 Å². The second-order valence-corrected chi connectivity index (χ2v) is 10.1. The van der Waals surface area contributed by atoms with Crippen LogP contribution >= 0.6 is 23.4 Å². The predicted molar refractivity (Wildman–Crippen MR) is 142 cm³/mol. The Morgan fingerprint density at radius 2 is 2.14 bits per heavy atom. The normalized spacial score (nSPS) is 14.9. The fraction of sp³-hybridized carbons (Fsp3) is 0.423. The fourth-order valence-electron chi connectivity index (χ4n) is 3.08. The van der Waals surface area contributed by atoms with Crippen LogP contribution in [0.25, 0.3) is 0 Å². The van der Waals surface area contributed by atoms with Gasteiger partial charge in [0.1, 0.15) is 11.0 Å². The first-order chi connectivity index (χ1) is 16.6. The van der Waals surface area contributed by atoms with Gasteiger partial charge < -0.3 is 15.0 Å². The quantitative estimate of drug-likeness (QED) is 0.499. The fourth-order valence-corrected chi connectivity index (χ4v) is 3.93. The number of aromatic nitrogens is 2. The summed E-state index contributed by atoms with van der Waals surface area (Å²) >= 11 is 7.43. The van der Waals surface area contributed by atoms with Crippen LogP contribution in [0.1, 0.15) is 50.6 Å². The SMILES string of the molecule is C=CSc1cccc(F)c1C.CCC(C)(C)O.O=C(C1=CCCN=C1Cl)N1CCc2nc[nH]c2C1. The molecular weight excluding hydrogens is 487 g/mol. The van der Waals surface area contributed by atoms with Gasteiger partial charge in [-0.15, -0.1) is 0 Å². The molecular formula is C26H34ClFN4O2S. The number of aliphatic imine (C=N–C) groups is 1. The van der Waals surface area contributed by atoms with Crippen molar-refractivity contribution in [1.82, 2.24) is 14.9 Å². The summed E-state index contributed by atoms with van der Waals surface area (Å²) in [5, 5.41) is 10.9. The van der Waals surface area contributed by atoms with Gasteiger partial charge in [-0.3, -0.25) is 9.79 Å². The molecule has 2 N–H and O–H groups in total. The standard InChI is InChI=1S/C12H13ClN4O.C9H9FS.C5H12O/c13-11-8(2-1-4-14-11)12(18)17-5-3-9-10(6-17)16-7-15-9;1-3-11-9-6-4-5-8(10)7(9)2;1-4-5(2,3)6/h2,7H,1,3-6H2,(H,15,16);3-6H,1H2,2H3;6H,4H2,1-3H3. The summed E-state index contributed by atoms with van der Waals surface area (Å²) in [5.41, 5.74) is 2.83. The molecule has 1 aromatic carbocycles. The summed E-state index contributed by atoms with van der Waals surface area (Å²) in [6.07, 6.45) is 5.94. The number of carbonyl (C=O) groups is 1. The number of nitrogens with one attached hydrogen (secondary N) is 1. The molecule has 3 heterocycles. The molecule has 1 amide bonds. The van der Waals surface area contributed by atoms with E-state index in [0.29, 0.717) is 35.9 Å². The number of H-pyrrole nitrogens is 1. The molecule has 6 nitrogen and oxygen atoms in total. The lowest BCUT2D eigenvalue weighted by atomic mass is 10.1. The summed E-state index contributed by atoms with van der Waals surface area (Å²) < 4.78 is 12.9. The Morgan fingerprint density at radius 1 is 1.43 bits per heavy atom. The van der Waals surface area contributed by atoms with Gasteiger partial charge in [0.05, 0.1) is 35.4 Å². The first kappa shape index (κ1) is 28.8. The molecule has 0 atom stereocenters. The van der Waals surface area contributed by atoms with Gasteiger partial charge in [-0.05, 0) is 56.7 Å². The molecule has 0 spiro atoms. The van der Waals surface area contributed by atoms with Crippen molar-refractivity contribution in [2.45, 2.75) is 64.0 Å². The summed E-state index contributed by atoms with van der Waals surface area (Å²) in [6, 6.07) is 5.04. The molecule has 0 saturated carbocycles. The van der Waals surface area contributed by atoms with Crippen molar-refractivity contribution >= 4 is 34.4 Å². The molecule has 0 saturated heterocycles. The second-order valence-electron chi connectivity index (χ2n) is 8.70. The molecule has 9 heteroatoms. The number of fused-ring (bicyclic) bond motifs is 1. The van der Waals surface area contributed by atoms with Crippen molar-refractivity contribution in [3.63, 3.8) is 0 Å². The lowest BCUT2D eigenvalue weighted by Crippen LogP contribution is -2.38. The van der Waals surface area contributed by atoms with Crippen LogP contribution < -0.4 is 0 Å². The van der Waals surface area contributed by atoms with E-state index in [1.165, 1.54) is 17.8 Å². The summed E-state index contributed by atoms with van der Waals surface area (Å²) in [7, 11) is 0. The van der Waals surface area contributed by atoms with Crippen LogP contribution in [0.2, 0.25) is 0 Å². The van der Waals surface area contributed by atoms with Gasteiger partial charge in [-0.2, -0.15) is 0 Å². The predicted octanol–water partition coefficient (Wildman–Crippen LogP) is 5.80. The highest BCUT2D eigenvalue weighted by atomic mass is 35.5. The topological polar surface area (TPSA) is 81.6 Å². The number of halogens is 2. The molecule has 0 fully saturated rings. The van der Waals surface area contributed by atoms with Gasteiger partial charge in [0.25, 0.3) is 5.91 Å². The van der Waals surface area contributed by atoms with Gasteiger partial charge in [0, 0.05) is 24.4 Å². The number of aromatic amines is 1. The van der Waals surface area contributed by atoms with E-state index in [4.69, 9.17) is 16.7 Å². The van der Waals surface area contributed by atoms with Crippen molar-refractivity contribution in [3.05, 3.63) is 70.9 Å². The van der Waals surface area contributed by atoms with Crippen LogP contribution in [-0.4, -0.2) is 49.7 Å². The zero-order valence-electron chi connectivity index (χ0n) is 20.8. The number of nitrogens with zero attached hydrogens (tertiary/aromatic N) is 3. The first-order valence-corrected chi connectivity index (χ1v) is 12.8. The van der Waals surface area contributed by atoms with E-state index in [-0.39, 0.29) is 11.7 Å². The maximum Gasteiger partial charge on any atom is 0.257 e. The van der Waals surface area contributed by atoms with E-state index in [9.17, 15) is 9.18 Å². The lowest BCUT2D eigenvalue weighted by Gasteiger charge is -2.27. The highest BCUT2D eigenvalue weighted by molar-refractivity contribution is 8.02. The Hall–Kier alpha value is -2.42. The molecule has 35 heavy (non-hydrogen) atoms. The van der Waals surface area contributed by atoms with E-state index in [2.05, 4.69) is 21.5 Å². The zero-order valence-corrected chi connectivity index (χ0v) is 22.3. The molecule has 0 radical (unpaired) electrons. The molecule has 190 valence electrons. The summed E-state index contributed by atoms with van der Waals surface area (Å²) in [6.45, 7) is 12.8. The van der Waals surface area contributed by atoms with Gasteiger partial charge in [-0.25, -0.2) is 9.37 Å². The smallest absolute Gasteiger partial charge is 0.257 e. The maximum absolute atomic E-state index is 12.9. The molecule has 0 unspecified atom stereocenters. The zero-order chi connectivity index (χ0) is 26.0. The Bertz CT molecular complexity index is 1080. The minimum Gasteiger partial charge on any atom is -0.390 e. The van der Waals surface area contributed by atoms with Crippen molar-refractivity contribution in [2.75, 3.05) is 13.1 Å². The summed E-state index contributed by atoms with van der Waals surface area (Å²) in [4.78, 5) is 26.5. The average Bonchev–Trinajstić information content (AvgIpc) is 3.30. The first-order valence-electron chi connectivity index (χ1n) is 11.5. The number of rotatable bonds is 4. The lowest BCUT2D eigenvalue weighted by molar-refractivity contribution is -0.127. The maximum atomic E-state index is 12.9. The van der Waals surface area contributed by atoms with Gasteiger partial charge in [-0.1, -0.05) is 49.0 Å². The van der Waals surface area contributed by atoms with Crippen molar-refractivity contribution < 1.29 is 14.3 Å². The Kier molecular flexibility index (Phi) is 11.2. The van der Waals surface area contributed by atoms with Crippen molar-refractivity contribution in [1.29, 1.82) is 0 Å². The highest BCUT2D eigenvalue weighted by Crippen LogP contribution is 2.24. The average molecular weight is 521 g/mol. The number of aliphatic hydroxyl groups is 1. The molecule has 1 aromatic heterocycles. The molecule has 4 rings (SSSR count). The molecule has 2 aromatic rings. The minimum atomic E-state index is -0.458. The minimum absolute atomic E-state index is 0.0382. The van der Waals surface area contributed by atoms with Gasteiger partial charge in [0.15, 0.2) is 0 Å². The van der Waals surface area contributed by atoms with Crippen LogP contribution in [-0.2, 0) is 17.8 Å². The van der Waals surface area contributed by atoms with Gasteiger partial charge in [0.2, 0.25) is 0 Å². The number of hydrogen-bond donors (Lipinski definition) is 2. The Labute approximate surface area is 216 Å². The van der Waals surface area contributed by atoms with E-state index in [0.717, 1.165) is 35.5 Å².